The highest BCUT2D eigenvalue weighted by Crippen LogP contribution is 2.25. The number of hydrogen-bond acceptors (Lipinski definition) is 7. The molecule has 28 heavy (non-hydrogen) atoms. The number of rotatable bonds is 5. The minimum atomic E-state index is -0.443. The first-order valence-corrected chi connectivity index (χ1v) is 8.34. The van der Waals surface area contributed by atoms with Crippen LogP contribution in [0.15, 0.2) is 58.3 Å². The molecule has 0 aliphatic rings. The van der Waals surface area contributed by atoms with Gasteiger partial charge in [0.2, 0.25) is 0 Å². The number of aryl methyl sites for hydroxylation is 2. The number of hydrogen-bond donors (Lipinski definition) is 0. The van der Waals surface area contributed by atoms with Gasteiger partial charge >= 0.3 is 0 Å². The van der Waals surface area contributed by atoms with Crippen LogP contribution in [0.1, 0.15) is 17.1 Å². The van der Waals surface area contributed by atoms with Gasteiger partial charge in [-0.15, -0.1) is 10.2 Å². The number of aromatic nitrogens is 5. The van der Waals surface area contributed by atoms with Gasteiger partial charge in [0.05, 0.1) is 16.8 Å². The Morgan fingerprint density at radius 2 is 2.07 bits per heavy atom. The molecule has 0 radical (unpaired) electrons. The summed E-state index contributed by atoms with van der Waals surface area (Å²) in [5, 5.41) is 27.6. The highest BCUT2D eigenvalue weighted by Gasteiger charge is 2.12. The second-order valence-electron chi connectivity index (χ2n) is 6.07. The van der Waals surface area contributed by atoms with E-state index < -0.39 is 4.92 Å². The summed E-state index contributed by atoms with van der Waals surface area (Å²) in [5.74, 6) is 1.44. The van der Waals surface area contributed by atoms with E-state index in [-0.39, 0.29) is 5.69 Å². The third kappa shape index (κ3) is 3.30. The molecule has 1 aromatic carbocycles. The van der Waals surface area contributed by atoms with E-state index >= 15 is 0 Å². The first kappa shape index (κ1) is 17.3. The molecule has 0 fully saturated rings. The van der Waals surface area contributed by atoms with Crippen LogP contribution in [0.3, 0.4) is 0 Å². The summed E-state index contributed by atoms with van der Waals surface area (Å²) in [6.45, 7) is 3.81. The number of non-ortho nitro benzene ring substituents is 1. The van der Waals surface area contributed by atoms with E-state index in [1.807, 2.05) is 19.9 Å². The van der Waals surface area contributed by atoms with Crippen molar-refractivity contribution in [3.63, 3.8) is 0 Å². The van der Waals surface area contributed by atoms with Crippen LogP contribution in [0.25, 0.3) is 17.3 Å². The zero-order chi connectivity index (χ0) is 19.7. The average Bonchev–Trinajstić information content (AvgIpc) is 3.39. The van der Waals surface area contributed by atoms with Crippen molar-refractivity contribution in [2.75, 3.05) is 0 Å². The van der Waals surface area contributed by atoms with Gasteiger partial charge in [0.1, 0.15) is 17.8 Å². The Labute approximate surface area is 158 Å². The molecule has 0 aliphatic carbocycles. The molecular formula is C18H15N7O3. The lowest BCUT2D eigenvalue weighted by Gasteiger charge is -2.01. The van der Waals surface area contributed by atoms with Crippen molar-refractivity contribution in [3.05, 3.63) is 76.1 Å². The fraction of sp³-hybridized carbons (Fsp3) is 0.111. The van der Waals surface area contributed by atoms with Crippen LogP contribution in [0.5, 0.6) is 0 Å². The van der Waals surface area contributed by atoms with Gasteiger partial charge in [0.25, 0.3) is 11.6 Å². The minimum Gasteiger partial charge on any atom is -0.455 e. The molecule has 0 bridgehead atoms. The second-order valence-corrected chi connectivity index (χ2v) is 6.07. The fourth-order valence-electron chi connectivity index (χ4n) is 2.75. The lowest BCUT2D eigenvalue weighted by molar-refractivity contribution is -0.384. The summed E-state index contributed by atoms with van der Waals surface area (Å²) in [7, 11) is 0. The Morgan fingerprint density at radius 1 is 1.21 bits per heavy atom. The average molecular weight is 377 g/mol. The highest BCUT2D eigenvalue weighted by molar-refractivity contribution is 5.77. The molecule has 4 rings (SSSR count). The molecule has 10 heteroatoms. The van der Waals surface area contributed by atoms with Crippen LogP contribution in [0.4, 0.5) is 5.69 Å². The van der Waals surface area contributed by atoms with Gasteiger partial charge in [-0.25, -0.2) is 4.68 Å². The largest absolute Gasteiger partial charge is 0.455 e. The van der Waals surface area contributed by atoms with Crippen LogP contribution in [-0.4, -0.2) is 35.8 Å². The Bertz CT molecular complexity index is 1190. The third-order valence-electron chi connectivity index (χ3n) is 3.99. The van der Waals surface area contributed by atoms with Crippen molar-refractivity contribution < 1.29 is 9.34 Å². The Balaban J connectivity index is 1.60. The van der Waals surface area contributed by atoms with Crippen LogP contribution in [-0.2, 0) is 0 Å². The summed E-state index contributed by atoms with van der Waals surface area (Å²) in [6, 6.07) is 11.6. The Kier molecular flexibility index (Phi) is 4.28. The normalized spacial score (nSPS) is 11.4. The van der Waals surface area contributed by atoms with E-state index in [2.05, 4.69) is 20.4 Å². The lowest BCUT2D eigenvalue weighted by atomic mass is 10.1. The van der Waals surface area contributed by atoms with E-state index in [4.69, 9.17) is 4.42 Å². The lowest BCUT2D eigenvalue weighted by Crippen LogP contribution is -2.06. The SMILES string of the molecule is Cc1cc(C)n(-c2nncn2/N=C\c2ccc(-c3cccc([N+](=O)[O-])c3)o2)n1. The smallest absolute Gasteiger partial charge is 0.273 e. The quantitative estimate of drug-likeness (QED) is 0.300. The molecule has 0 unspecified atom stereocenters. The minimum absolute atomic E-state index is 0.00290. The summed E-state index contributed by atoms with van der Waals surface area (Å²) in [5.41, 5.74) is 2.39. The van der Waals surface area contributed by atoms with Gasteiger partial charge in [-0.05, 0) is 32.0 Å². The van der Waals surface area contributed by atoms with E-state index in [9.17, 15) is 10.1 Å². The number of furan rings is 1. The highest BCUT2D eigenvalue weighted by atomic mass is 16.6. The summed E-state index contributed by atoms with van der Waals surface area (Å²) >= 11 is 0. The molecule has 0 aliphatic heterocycles. The maximum Gasteiger partial charge on any atom is 0.273 e. The molecule has 0 N–H and O–H groups in total. The van der Waals surface area contributed by atoms with Gasteiger partial charge in [0, 0.05) is 23.4 Å². The molecule has 0 atom stereocenters. The van der Waals surface area contributed by atoms with Crippen molar-refractivity contribution in [2.24, 2.45) is 5.10 Å². The number of benzene rings is 1. The van der Waals surface area contributed by atoms with Gasteiger partial charge in [-0.3, -0.25) is 10.1 Å². The third-order valence-corrected chi connectivity index (χ3v) is 3.99. The molecule has 3 heterocycles. The first-order valence-electron chi connectivity index (χ1n) is 8.34. The number of nitro groups is 1. The maximum absolute atomic E-state index is 10.9. The number of nitrogens with zero attached hydrogens (tertiary/aromatic N) is 7. The first-order chi connectivity index (χ1) is 13.5. The van der Waals surface area contributed by atoms with E-state index in [1.54, 1.807) is 28.9 Å². The standard InChI is InChI=1S/C18H15N7O3/c1-12-8-13(2)24(22-12)18-21-19-11-23(18)20-10-16-6-7-17(28-16)14-4-3-5-15(9-14)25(26)27/h3-11H,1-2H3/b20-10-. The van der Waals surface area contributed by atoms with Gasteiger partial charge in [-0.2, -0.15) is 14.9 Å². The molecule has 140 valence electrons. The molecule has 0 saturated heterocycles. The number of nitro benzene ring substituents is 1. The Morgan fingerprint density at radius 3 is 2.82 bits per heavy atom. The molecule has 4 aromatic rings. The second kappa shape index (κ2) is 6.91. The summed E-state index contributed by atoms with van der Waals surface area (Å²) in [4.78, 5) is 10.5. The van der Waals surface area contributed by atoms with Crippen molar-refractivity contribution >= 4 is 11.9 Å². The van der Waals surface area contributed by atoms with Crippen LogP contribution in [0.2, 0.25) is 0 Å². The van der Waals surface area contributed by atoms with Crippen LogP contribution in [0, 0.1) is 24.0 Å². The van der Waals surface area contributed by atoms with Crippen LogP contribution < -0.4 is 0 Å². The van der Waals surface area contributed by atoms with E-state index in [1.165, 1.54) is 29.4 Å². The molecule has 0 amide bonds. The summed E-state index contributed by atoms with van der Waals surface area (Å²) < 4.78 is 8.86. The monoisotopic (exact) mass is 377 g/mol. The van der Waals surface area contributed by atoms with Crippen LogP contribution >= 0.6 is 0 Å². The van der Waals surface area contributed by atoms with Crippen molar-refractivity contribution in [3.8, 4) is 17.3 Å². The molecule has 10 nitrogen and oxygen atoms in total. The van der Waals surface area contributed by atoms with Crippen molar-refractivity contribution in [2.45, 2.75) is 13.8 Å². The topological polar surface area (TPSA) is 117 Å². The fourth-order valence-corrected chi connectivity index (χ4v) is 2.75. The van der Waals surface area contributed by atoms with Gasteiger partial charge in [-0.1, -0.05) is 12.1 Å². The Hall–Kier alpha value is -4.08. The van der Waals surface area contributed by atoms with E-state index in [0.29, 0.717) is 23.0 Å². The zero-order valence-electron chi connectivity index (χ0n) is 15.1. The van der Waals surface area contributed by atoms with Crippen molar-refractivity contribution in [1.82, 2.24) is 24.7 Å². The van der Waals surface area contributed by atoms with E-state index in [0.717, 1.165) is 11.4 Å². The zero-order valence-corrected chi connectivity index (χ0v) is 15.1. The molecule has 3 aromatic heterocycles. The van der Waals surface area contributed by atoms with Gasteiger partial charge < -0.3 is 4.42 Å². The molecule has 0 saturated carbocycles. The van der Waals surface area contributed by atoms with Gasteiger partial charge in [0.15, 0.2) is 0 Å². The predicted molar refractivity (Wildman–Crippen MR) is 100 cm³/mol. The molecular weight excluding hydrogens is 362 g/mol. The predicted octanol–water partition coefficient (Wildman–Crippen LogP) is 3.13. The summed E-state index contributed by atoms with van der Waals surface area (Å²) in [6.07, 6.45) is 2.98. The maximum atomic E-state index is 10.9. The van der Waals surface area contributed by atoms with Crippen molar-refractivity contribution in [1.29, 1.82) is 0 Å². The molecule has 0 spiro atoms.